The molecule has 29 heavy (non-hydrogen) atoms. The van der Waals surface area contributed by atoms with Crippen molar-refractivity contribution in [1.29, 1.82) is 0 Å². The standard InChI is InChI=1S/C23H23ClN2O3/c1-16-4-6-17(7-5-16)15-29-22-10-8-18(12-23(22)28-3)14-25-26-19-9-11-21(27-2)20(24)13-19/h4-14,26H,15H2,1-3H3/b25-14+. The third-order valence-electron chi connectivity index (χ3n) is 4.26. The van der Waals surface area contributed by atoms with Gasteiger partial charge in [0, 0.05) is 0 Å². The van der Waals surface area contributed by atoms with Gasteiger partial charge in [-0.25, -0.2) is 0 Å². The zero-order chi connectivity index (χ0) is 20.6. The van der Waals surface area contributed by atoms with Gasteiger partial charge in [0.2, 0.25) is 0 Å². The van der Waals surface area contributed by atoms with Crippen molar-refractivity contribution in [3.05, 3.63) is 82.4 Å². The lowest BCUT2D eigenvalue weighted by Gasteiger charge is -2.11. The zero-order valence-electron chi connectivity index (χ0n) is 16.6. The second kappa shape index (κ2) is 9.85. The van der Waals surface area contributed by atoms with Crippen LogP contribution in [0.15, 0.2) is 65.8 Å². The Morgan fingerprint density at radius 3 is 2.31 bits per heavy atom. The summed E-state index contributed by atoms with van der Waals surface area (Å²) < 4.78 is 16.5. The number of nitrogens with zero attached hydrogens (tertiary/aromatic N) is 1. The second-order valence-electron chi connectivity index (χ2n) is 6.40. The topological polar surface area (TPSA) is 52.1 Å². The van der Waals surface area contributed by atoms with Crippen LogP contribution in [0.25, 0.3) is 0 Å². The van der Waals surface area contributed by atoms with Crippen LogP contribution in [0.5, 0.6) is 17.2 Å². The first-order valence-corrected chi connectivity index (χ1v) is 9.46. The molecule has 1 N–H and O–H groups in total. The molecule has 3 aromatic carbocycles. The van der Waals surface area contributed by atoms with Crippen LogP contribution in [0.3, 0.4) is 0 Å². The molecular weight excluding hydrogens is 388 g/mol. The summed E-state index contributed by atoms with van der Waals surface area (Å²) in [5, 5.41) is 4.76. The normalized spacial score (nSPS) is 10.8. The summed E-state index contributed by atoms with van der Waals surface area (Å²) in [6, 6.07) is 19.3. The summed E-state index contributed by atoms with van der Waals surface area (Å²) in [4.78, 5) is 0. The average Bonchev–Trinajstić information content (AvgIpc) is 2.74. The molecule has 0 aromatic heterocycles. The summed E-state index contributed by atoms with van der Waals surface area (Å²) >= 11 is 6.12. The fourth-order valence-electron chi connectivity index (χ4n) is 2.65. The van der Waals surface area contributed by atoms with Gasteiger partial charge in [-0.15, -0.1) is 0 Å². The van der Waals surface area contributed by atoms with Crippen LogP contribution < -0.4 is 19.6 Å². The van der Waals surface area contributed by atoms with Crippen molar-refractivity contribution in [2.24, 2.45) is 5.10 Å². The van der Waals surface area contributed by atoms with Crippen molar-refractivity contribution in [3.8, 4) is 17.2 Å². The quantitative estimate of drug-likeness (QED) is 0.383. The number of nitrogens with one attached hydrogen (secondary N) is 1. The first kappa shape index (κ1) is 20.6. The Balaban J connectivity index is 1.63. The van der Waals surface area contributed by atoms with Crippen molar-refractivity contribution in [2.45, 2.75) is 13.5 Å². The monoisotopic (exact) mass is 410 g/mol. The minimum Gasteiger partial charge on any atom is -0.495 e. The molecule has 0 fully saturated rings. The molecule has 0 atom stereocenters. The fourth-order valence-corrected chi connectivity index (χ4v) is 2.90. The Morgan fingerprint density at radius 1 is 0.897 bits per heavy atom. The Kier molecular flexibility index (Phi) is 6.98. The second-order valence-corrected chi connectivity index (χ2v) is 6.81. The maximum absolute atomic E-state index is 6.12. The lowest BCUT2D eigenvalue weighted by molar-refractivity contribution is 0.284. The van der Waals surface area contributed by atoms with E-state index in [9.17, 15) is 0 Å². The van der Waals surface area contributed by atoms with E-state index in [1.807, 2.05) is 24.3 Å². The van der Waals surface area contributed by atoms with Crippen LogP contribution in [-0.2, 0) is 6.61 Å². The van der Waals surface area contributed by atoms with Crippen molar-refractivity contribution in [3.63, 3.8) is 0 Å². The van der Waals surface area contributed by atoms with E-state index in [-0.39, 0.29) is 0 Å². The predicted molar refractivity (Wildman–Crippen MR) is 118 cm³/mol. The highest BCUT2D eigenvalue weighted by Gasteiger charge is 2.06. The fraction of sp³-hybridized carbons (Fsp3) is 0.174. The minimum atomic E-state index is 0.476. The minimum absolute atomic E-state index is 0.476. The number of hydrogen-bond acceptors (Lipinski definition) is 5. The molecular formula is C23H23ClN2O3. The third kappa shape index (κ3) is 5.65. The summed E-state index contributed by atoms with van der Waals surface area (Å²) in [5.41, 5.74) is 6.90. The Labute approximate surface area is 175 Å². The smallest absolute Gasteiger partial charge is 0.161 e. The highest BCUT2D eigenvalue weighted by Crippen LogP contribution is 2.29. The van der Waals surface area contributed by atoms with Gasteiger partial charge in [-0.1, -0.05) is 41.4 Å². The number of hydrogen-bond donors (Lipinski definition) is 1. The van der Waals surface area contributed by atoms with Crippen molar-refractivity contribution in [1.82, 2.24) is 0 Å². The highest BCUT2D eigenvalue weighted by atomic mass is 35.5. The predicted octanol–water partition coefficient (Wildman–Crippen LogP) is 5.69. The summed E-state index contributed by atoms with van der Waals surface area (Å²) in [6.45, 7) is 2.54. The highest BCUT2D eigenvalue weighted by molar-refractivity contribution is 6.32. The molecule has 5 nitrogen and oxygen atoms in total. The number of hydrazone groups is 1. The number of ether oxygens (including phenoxy) is 3. The maximum atomic E-state index is 6.12. The summed E-state index contributed by atoms with van der Waals surface area (Å²) in [6.07, 6.45) is 1.70. The summed E-state index contributed by atoms with van der Waals surface area (Å²) in [5.74, 6) is 1.95. The molecule has 0 aliphatic carbocycles. The van der Waals surface area contributed by atoms with Gasteiger partial charge in [0.15, 0.2) is 11.5 Å². The lowest BCUT2D eigenvalue weighted by Crippen LogP contribution is -1.99. The van der Waals surface area contributed by atoms with Gasteiger partial charge in [-0.05, 0) is 54.4 Å². The largest absolute Gasteiger partial charge is 0.495 e. The van der Waals surface area contributed by atoms with E-state index in [0.29, 0.717) is 28.9 Å². The molecule has 6 heteroatoms. The van der Waals surface area contributed by atoms with Gasteiger partial charge in [0.1, 0.15) is 12.4 Å². The molecule has 0 saturated carbocycles. The van der Waals surface area contributed by atoms with Gasteiger partial charge in [-0.2, -0.15) is 5.10 Å². The van der Waals surface area contributed by atoms with Gasteiger partial charge >= 0.3 is 0 Å². The van der Waals surface area contributed by atoms with Crippen molar-refractivity contribution in [2.75, 3.05) is 19.6 Å². The lowest BCUT2D eigenvalue weighted by atomic mass is 10.2. The molecule has 0 saturated heterocycles. The molecule has 0 aliphatic heterocycles. The Morgan fingerprint density at radius 2 is 1.62 bits per heavy atom. The van der Waals surface area contributed by atoms with Crippen LogP contribution in [0.2, 0.25) is 5.02 Å². The zero-order valence-corrected chi connectivity index (χ0v) is 17.4. The van der Waals surface area contributed by atoms with Crippen LogP contribution >= 0.6 is 11.6 Å². The van der Waals surface area contributed by atoms with E-state index in [0.717, 1.165) is 16.8 Å². The van der Waals surface area contributed by atoms with Gasteiger partial charge in [0.05, 0.1) is 31.1 Å². The molecule has 0 bridgehead atoms. The van der Waals surface area contributed by atoms with E-state index in [1.54, 1.807) is 32.6 Å². The van der Waals surface area contributed by atoms with Gasteiger partial charge in [-0.3, -0.25) is 5.43 Å². The van der Waals surface area contributed by atoms with E-state index in [2.05, 4.69) is 41.7 Å². The molecule has 0 heterocycles. The molecule has 0 unspecified atom stereocenters. The van der Waals surface area contributed by atoms with E-state index >= 15 is 0 Å². The first-order chi connectivity index (χ1) is 14.1. The van der Waals surface area contributed by atoms with E-state index < -0.39 is 0 Å². The maximum Gasteiger partial charge on any atom is 0.161 e. The number of benzene rings is 3. The summed E-state index contributed by atoms with van der Waals surface area (Å²) in [7, 11) is 3.20. The number of methoxy groups -OCH3 is 2. The molecule has 0 spiro atoms. The Hall–Kier alpha value is -3.18. The molecule has 150 valence electrons. The Bertz CT molecular complexity index is 988. The van der Waals surface area contributed by atoms with Gasteiger partial charge in [0.25, 0.3) is 0 Å². The van der Waals surface area contributed by atoms with Crippen LogP contribution in [0.4, 0.5) is 5.69 Å². The number of aryl methyl sites for hydroxylation is 1. The molecule has 0 aliphatic rings. The van der Waals surface area contributed by atoms with Gasteiger partial charge < -0.3 is 14.2 Å². The van der Waals surface area contributed by atoms with E-state index in [1.165, 1.54) is 5.56 Å². The SMILES string of the molecule is COc1ccc(N/N=C/c2ccc(OCc3ccc(C)cc3)c(OC)c2)cc1Cl. The van der Waals surface area contributed by atoms with Crippen LogP contribution in [-0.4, -0.2) is 20.4 Å². The molecule has 0 amide bonds. The molecule has 0 radical (unpaired) electrons. The van der Waals surface area contributed by atoms with Crippen molar-refractivity contribution < 1.29 is 14.2 Å². The average molecular weight is 411 g/mol. The number of anilines is 1. The third-order valence-corrected chi connectivity index (χ3v) is 4.56. The number of halogens is 1. The molecule has 3 aromatic rings. The first-order valence-electron chi connectivity index (χ1n) is 9.08. The number of rotatable bonds is 8. The molecule has 3 rings (SSSR count). The van der Waals surface area contributed by atoms with E-state index in [4.69, 9.17) is 25.8 Å². The van der Waals surface area contributed by atoms with Crippen LogP contribution in [0.1, 0.15) is 16.7 Å². The van der Waals surface area contributed by atoms with Crippen molar-refractivity contribution >= 4 is 23.5 Å². The van der Waals surface area contributed by atoms with Crippen LogP contribution in [0, 0.1) is 6.92 Å².